The molecule has 1 fully saturated rings. The summed E-state index contributed by atoms with van der Waals surface area (Å²) in [5, 5.41) is 0. The molecule has 1 rings (SSSR count). The molecule has 4 nitrogen and oxygen atoms in total. The van der Waals surface area contributed by atoms with Crippen molar-refractivity contribution in [2.24, 2.45) is 17.6 Å². The van der Waals surface area contributed by atoms with Crippen molar-refractivity contribution < 1.29 is 9.53 Å². The zero-order chi connectivity index (χ0) is 15.0. The number of rotatable bonds is 8. The first kappa shape index (κ1) is 17.4. The molecule has 0 bridgehead atoms. The SMILES string of the molecule is CCCC1CCC(CN)C(N(CC)CCC(=O)OC)C1. The van der Waals surface area contributed by atoms with Gasteiger partial charge in [0.2, 0.25) is 0 Å². The molecule has 118 valence electrons. The summed E-state index contributed by atoms with van der Waals surface area (Å²) >= 11 is 0. The summed E-state index contributed by atoms with van der Waals surface area (Å²) in [6.45, 7) is 6.98. The quantitative estimate of drug-likeness (QED) is 0.695. The van der Waals surface area contributed by atoms with Crippen molar-refractivity contribution in [1.82, 2.24) is 4.90 Å². The smallest absolute Gasteiger partial charge is 0.306 e. The van der Waals surface area contributed by atoms with Crippen molar-refractivity contribution in [2.45, 2.75) is 58.4 Å². The first-order valence-corrected chi connectivity index (χ1v) is 8.17. The van der Waals surface area contributed by atoms with Gasteiger partial charge in [0.15, 0.2) is 0 Å². The number of esters is 1. The second-order valence-electron chi connectivity index (χ2n) is 5.99. The number of ether oxygens (including phenoxy) is 1. The second-order valence-corrected chi connectivity index (χ2v) is 5.99. The highest BCUT2D eigenvalue weighted by Crippen LogP contribution is 2.34. The summed E-state index contributed by atoms with van der Waals surface area (Å²) < 4.78 is 4.76. The van der Waals surface area contributed by atoms with Crippen LogP contribution in [0.3, 0.4) is 0 Å². The Morgan fingerprint density at radius 1 is 1.35 bits per heavy atom. The van der Waals surface area contributed by atoms with Crippen LogP contribution in [0.5, 0.6) is 0 Å². The third-order valence-electron chi connectivity index (χ3n) is 4.77. The molecule has 0 amide bonds. The van der Waals surface area contributed by atoms with E-state index in [1.165, 1.54) is 39.2 Å². The number of carbonyl (C=O) groups is 1. The van der Waals surface area contributed by atoms with Crippen molar-refractivity contribution in [3.05, 3.63) is 0 Å². The lowest BCUT2D eigenvalue weighted by atomic mass is 9.76. The fraction of sp³-hybridized carbons (Fsp3) is 0.938. The van der Waals surface area contributed by atoms with E-state index in [4.69, 9.17) is 10.5 Å². The molecule has 1 saturated carbocycles. The average molecular weight is 284 g/mol. The Bertz CT molecular complexity index is 284. The monoisotopic (exact) mass is 284 g/mol. The van der Waals surface area contributed by atoms with Crippen LogP contribution in [0.2, 0.25) is 0 Å². The van der Waals surface area contributed by atoms with Gasteiger partial charge in [-0.15, -0.1) is 0 Å². The second kappa shape index (κ2) is 9.35. The Labute approximate surface area is 124 Å². The third kappa shape index (κ3) is 5.06. The lowest BCUT2D eigenvalue weighted by Gasteiger charge is -2.42. The topological polar surface area (TPSA) is 55.6 Å². The van der Waals surface area contributed by atoms with E-state index in [1.54, 1.807) is 0 Å². The maximum absolute atomic E-state index is 11.4. The van der Waals surface area contributed by atoms with Crippen molar-refractivity contribution in [2.75, 3.05) is 26.7 Å². The van der Waals surface area contributed by atoms with Gasteiger partial charge in [-0.05, 0) is 37.8 Å². The molecule has 0 aromatic rings. The van der Waals surface area contributed by atoms with Gasteiger partial charge < -0.3 is 10.5 Å². The summed E-state index contributed by atoms with van der Waals surface area (Å²) in [5.74, 6) is 1.30. The molecular weight excluding hydrogens is 252 g/mol. The zero-order valence-electron chi connectivity index (χ0n) is 13.4. The molecule has 0 aromatic heterocycles. The van der Waals surface area contributed by atoms with E-state index in [0.717, 1.165) is 25.6 Å². The maximum Gasteiger partial charge on any atom is 0.306 e. The first-order valence-electron chi connectivity index (χ1n) is 8.17. The summed E-state index contributed by atoms with van der Waals surface area (Å²) in [5.41, 5.74) is 5.97. The normalized spacial score (nSPS) is 26.8. The van der Waals surface area contributed by atoms with Crippen LogP contribution >= 0.6 is 0 Å². The Morgan fingerprint density at radius 3 is 2.65 bits per heavy atom. The highest BCUT2D eigenvalue weighted by molar-refractivity contribution is 5.69. The summed E-state index contributed by atoms with van der Waals surface area (Å²) in [6, 6.07) is 0.542. The predicted molar refractivity (Wildman–Crippen MR) is 82.5 cm³/mol. The fourth-order valence-electron chi connectivity index (χ4n) is 3.58. The lowest BCUT2D eigenvalue weighted by Crippen LogP contribution is -2.47. The van der Waals surface area contributed by atoms with Crippen molar-refractivity contribution in [3.63, 3.8) is 0 Å². The van der Waals surface area contributed by atoms with Crippen LogP contribution in [0, 0.1) is 11.8 Å². The number of hydrogen-bond acceptors (Lipinski definition) is 4. The van der Waals surface area contributed by atoms with Gasteiger partial charge >= 0.3 is 5.97 Å². The molecule has 2 N–H and O–H groups in total. The van der Waals surface area contributed by atoms with Crippen LogP contribution in [0.25, 0.3) is 0 Å². The van der Waals surface area contributed by atoms with Gasteiger partial charge in [0.1, 0.15) is 0 Å². The van der Waals surface area contributed by atoms with E-state index in [1.807, 2.05) is 0 Å². The standard InChI is InChI=1S/C16H32N2O2/c1-4-6-13-7-8-14(12-17)15(11-13)18(5-2)10-9-16(19)20-3/h13-15H,4-12,17H2,1-3H3. The molecule has 3 atom stereocenters. The van der Waals surface area contributed by atoms with Gasteiger partial charge in [-0.3, -0.25) is 9.69 Å². The molecule has 3 unspecified atom stereocenters. The molecule has 0 aliphatic heterocycles. The van der Waals surface area contributed by atoms with Gasteiger partial charge in [0.05, 0.1) is 13.5 Å². The highest BCUT2D eigenvalue weighted by Gasteiger charge is 2.32. The van der Waals surface area contributed by atoms with Crippen LogP contribution < -0.4 is 5.73 Å². The van der Waals surface area contributed by atoms with Gasteiger partial charge in [-0.2, -0.15) is 0 Å². The van der Waals surface area contributed by atoms with Crippen LogP contribution in [-0.4, -0.2) is 43.7 Å². The average Bonchev–Trinajstić information content (AvgIpc) is 2.48. The van der Waals surface area contributed by atoms with E-state index in [0.29, 0.717) is 18.4 Å². The van der Waals surface area contributed by atoms with E-state index >= 15 is 0 Å². The maximum atomic E-state index is 11.4. The van der Waals surface area contributed by atoms with E-state index in [2.05, 4.69) is 18.7 Å². The van der Waals surface area contributed by atoms with Crippen molar-refractivity contribution in [1.29, 1.82) is 0 Å². The Balaban J connectivity index is 2.61. The zero-order valence-corrected chi connectivity index (χ0v) is 13.4. The molecule has 0 spiro atoms. The van der Waals surface area contributed by atoms with Crippen LogP contribution in [0.4, 0.5) is 0 Å². The molecule has 0 heterocycles. The molecule has 0 aromatic carbocycles. The first-order chi connectivity index (χ1) is 9.65. The van der Waals surface area contributed by atoms with Gasteiger partial charge in [-0.25, -0.2) is 0 Å². The highest BCUT2D eigenvalue weighted by atomic mass is 16.5. The minimum absolute atomic E-state index is 0.117. The lowest BCUT2D eigenvalue weighted by molar-refractivity contribution is -0.141. The minimum Gasteiger partial charge on any atom is -0.469 e. The Morgan fingerprint density at radius 2 is 2.10 bits per heavy atom. The fourth-order valence-corrected chi connectivity index (χ4v) is 3.58. The summed E-state index contributed by atoms with van der Waals surface area (Å²) in [4.78, 5) is 13.8. The van der Waals surface area contributed by atoms with Crippen LogP contribution in [0.15, 0.2) is 0 Å². The number of carbonyl (C=O) groups excluding carboxylic acids is 1. The Hall–Kier alpha value is -0.610. The predicted octanol–water partition coefficient (Wildman–Crippen LogP) is 2.42. The summed E-state index contributed by atoms with van der Waals surface area (Å²) in [7, 11) is 1.46. The Kier molecular flexibility index (Phi) is 8.15. The molecule has 1 aliphatic carbocycles. The largest absolute Gasteiger partial charge is 0.469 e. The van der Waals surface area contributed by atoms with Crippen molar-refractivity contribution >= 4 is 5.97 Å². The molecular formula is C16H32N2O2. The van der Waals surface area contributed by atoms with E-state index in [-0.39, 0.29) is 5.97 Å². The minimum atomic E-state index is -0.117. The molecule has 20 heavy (non-hydrogen) atoms. The number of hydrogen-bond donors (Lipinski definition) is 1. The van der Waals surface area contributed by atoms with E-state index < -0.39 is 0 Å². The van der Waals surface area contributed by atoms with Gasteiger partial charge in [0, 0.05) is 12.6 Å². The number of nitrogens with zero attached hydrogens (tertiary/aromatic N) is 1. The number of methoxy groups -OCH3 is 1. The molecule has 0 saturated heterocycles. The van der Waals surface area contributed by atoms with Crippen LogP contribution in [0.1, 0.15) is 52.4 Å². The van der Waals surface area contributed by atoms with E-state index in [9.17, 15) is 4.79 Å². The third-order valence-corrected chi connectivity index (χ3v) is 4.77. The van der Waals surface area contributed by atoms with Crippen molar-refractivity contribution in [3.8, 4) is 0 Å². The molecule has 0 radical (unpaired) electrons. The number of nitrogens with two attached hydrogens (primary N) is 1. The molecule has 4 heteroatoms. The van der Waals surface area contributed by atoms with Gasteiger partial charge in [0.25, 0.3) is 0 Å². The molecule has 1 aliphatic rings. The summed E-state index contributed by atoms with van der Waals surface area (Å²) in [6.07, 6.45) is 6.87. The van der Waals surface area contributed by atoms with Gasteiger partial charge in [-0.1, -0.05) is 33.1 Å². The van der Waals surface area contributed by atoms with Crippen LogP contribution in [-0.2, 0) is 9.53 Å².